The highest BCUT2D eigenvalue weighted by Gasteiger charge is 2.27. The van der Waals surface area contributed by atoms with Crippen molar-refractivity contribution < 1.29 is 19.1 Å². The van der Waals surface area contributed by atoms with Gasteiger partial charge in [-0.2, -0.15) is 0 Å². The van der Waals surface area contributed by atoms with E-state index in [-0.39, 0.29) is 42.5 Å². The number of carbonyl (C=O) groups is 2. The van der Waals surface area contributed by atoms with Crippen LogP contribution in [0.15, 0.2) is 194 Å². The molecular weight excluding hydrogens is 1080 g/mol. The first-order chi connectivity index (χ1) is 42.8. The van der Waals surface area contributed by atoms with Gasteiger partial charge in [-0.1, -0.05) is 122 Å². The normalized spacial score (nSPS) is 13.8. The minimum absolute atomic E-state index is 0.0666. The Kier molecular flexibility index (Phi) is 23.8. The third-order valence-corrected chi connectivity index (χ3v) is 17.6. The lowest BCUT2D eigenvalue weighted by Gasteiger charge is -2.31. The fourth-order valence-corrected chi connectivity index (χ4v) is 12.7. The van der Waals surface area contributed by atoms with Crippen LogP contribution in [0.1, 0.15) is 140 Å². The third-order valence-electron chi connectivity index (χ3n) is 17.6. The van der Waals surface area contributed by atoms with Gasteiger partial charge < -0.3 is 39.7 Å². The summed E-state index contributed by atoms with van der Waals surface area (Å²) < 4.78 is 11.0. The van der Waals surface area contributed by atoms with Crippen molar-refractivity contribution in [2.24, 2.45) is 0 Å². The molecule has 1 saturated carbocycles. The Balaban J connectivity index is 0.000000229. The fraction of sp³-hybridized carbons (Fsp3) is 0.359. The SMILES string of the molecule is C=C(C)C(=O)OC1CCCC(Nc2ccc(C(c3ccc(N(CC)CC)cc3)c3ccc(N(CC)CC)cc3)c3ccccc23)C1.C=C(C)C(=O)OCCNc1ccc(C(c2ccc(N(CC)CC)cc2)c2ccc(N(CC)CC)cc2)c2ccccc12. The van der Waals surface area contributed by atoms with Crippen LogP contribution >= 0.6 is 0 Å². The Morgan fingerprint density at radius 3 is 1.17 bits per heavy atom. The van der Waals surface area contributed by atoms with Gasteiger partial charge in [-0.15, -0.1) is 0 Å². The molecule has 0 aromatic heterocycles. The van der Waals surface area contributed by atoms with Crippen molar-refractivity contribution in [1.29, 1.82) is 0 Å². The molecule has 0 radical (unpaired) electrons. The molecule has 8 aromatic carbocycles. The van der Waals surface area contributed by atoms with Gasteiger partial charge in [0.2, 0.25) is 0 Å². The molecular formula is C78H96N6O4. The number of anilines is 6. The molecule has 0 amide bonds. The van der Waals surface area contributed by atoms with Crippen molar-refractivity contribution in [1.82, 2.24) is 0 Å². The molecule has 1 aliphatic rings. The molecule has 0 spiro atoms. The van der Waals surface area contributed by atoms with E-state index in [1.807, 2.05) is 0 Å². The average Bonchev–Trinajstić information content (AvgIpc) is 1.31. The van der Waals surface area contributed by atoms with Gasteiger partial charge >= 0.3 is 11.9 Å². The maximum absolute atomic E-state index is 12.2. The molecule has 1 aliphatic carbocycles. The highest BCUT2D eigenvalue weighted by atomic mass is 16.5. The Labute approximate surface area is 526 Å². The molecule has 9 rings (SSSR count). The second-order valence-corrected chi connectivity index (χ2v) is 23.1. The van der Waals surface area contributed by atoms with Crippen LogP contribution in [0.25, 0.3) is 21.5 Å². The first kappa shape index (κ1) is 65.5. The standard InChI is InChI=1S/C41H51N3O2.C37H45N3O2/c1-7-43(8-2)33-22-18-30(19-23-33)40(31-20-24-34(25-21-31)44(9-3)10-4)38-26-27-39(37-17-12-11-16-36(37)38)42-32-14-13-15-35(28-32)46-41(45)29(5)6;1-7-39(8-2)30-19-15-28(16-20-30)36(29-17-21-31(22-18-29)40(9-3)10-4)34-23-24-35(33-14-12-11-13-32(33)34)38-25-26-42-37(41)27(5)6/h11-12,16-27,32,35,40,42H,5,7-10,13-15,28H2,1-4,6H3;11-24,36,38H,5,7-10,25-26H2,1-4,6H3. The summed E-state index contributed by atoms with van der Waals surface area (Å²) in [7, 11) is 0. The van der Waals surface area contributed by atoms with E-state index < -0.39 is 0 Å². The van der Waals surface area contributed by atoms with E-state index in [0.717, 1.165) is 94.8 Å². The molecule has 2 unspecified atom stereocenters. The van der Waals surface area contributed by atoms with Crippen molar-refractivity contribution in [3.05, 3.63) is 228 Å². The second kappa shape index (κ2) is 31.9. The predicted molar refractivity (Wildman–Crippen MR) is 375 cm³/mol. The zero-order valence-electron chi connectivity index (χ0n) is 54.2. The Morgan fingerprint density at radius 1 is 0.455 bits per heavy atom. The van der Waals surface area contributed by atoms with Gasteiger partial charge in [-0.3, -0.25) is 0 Å². The highest BCUT2D eigenvalue weighted by Crippen LogP contribution is 2.42. The van der Waals surface area contributed by atoms with E-state index in [0.29, 0.717) is 17.7 Å². The first-order valence-electron chi connectivity index (χ1n) is 32.4. The molecule has 2 atom stereocenters. The number of benzene rings is 8. The van der Waals surface area contributed by atoms with Crippen LogP contribution in [-0.2, 0) is 19.1 Å². The van der Waals surface area contributed by atoms with Crippen LogP contribution in [0.3, 0.4) is 0 Å². The van der Waals surface area contributed by atoms with Crippen LogP contribution in [0.4, 0.5) is 34.1 Å². The number of rotatable bonds is 27. The highest BCUT2D eigenvalue weighted by molar-refractivity contribution is 5.98. The summed E-state index contributed by atoms with van der Waals surface area (Å²) in [5.74, 6) is -0.506. The van der Waals surface area contributed by atoms with E-state index in [9.17, 15) is 9.59 Å². The average molecular weight is 1180 g/mol. The molecule has 462 valence electrons. The predicted octanol–water partition coefficient (Wildman–Crippen LogP) is 17.8. The van der Waals surface area contributed by atoms with Gasteiger partial charge in [0.25, 0.3) is 0 Å². The summed E-state index contributed by atoms with van der Waals surface area (Å²) in [6.45, 7) is 37.1. The van der Waals surface area contributed by atoms with Crippen LogP contribution in [0, 0.1) is 0 Å². The largest absolute Gasteiger partial charge is 0.460 e. The van der Waals surface area contributed by atoms with Gasteiger partial charge in [0.05, 0.1) is 0 Å². The van der Waals surface area contributed by atoms with E-state index >= 15 is 0 Å². The molecule has 8 aromatic rings. The summed E-state index contributed by atoms with van der Waals surface area (Å²) in [6, 6.07) is 63.0. The van der Waals surface area contributed by atoms with Gasteiger partial charge in [-0.05, 0) is 193 Å². The van der Waals surface area contributed by atoms with Crippen LogP contribution in [0.5, 0.6) is 0 Å². The number of carbonyl (C=O) groups excluding carboxylic acids is 2. The van der Waals surface area contributed by atoms with Gasteiger partial charge in [0, 0.05) is 139 Å². The lowest BCUT2D eigenvalue weighted by molar-refractivity contribution is -0.145. The van der Waals surface area contributed by atoms with E-state index in [2.05, 4.69) is 269 Å². The van der Waals surface area contributed by atoms with E-state index in [1.165, 1.54) is 72.3 Å². The van der Waals surface area contributed by atoms with Crippen LogP contribution < -0.4 is 30.2 Å². The van der Waals surface area contributed by atoms with Crippen molar-refractivity contribution in [3.63, 3.8) is 0 Å². The minimum atomic E-state index is -0.362. The zero-order valence-corrected chi connectivity index (χ0v) is 54.2. The van der Waals surface area contributed by atoms with Gasteiger partial charge in [0.1, 0.15) is 12.7 Å². The van der Waals surface area contributed by atoms with Crippen molar-refractivity contribution in [2.75, 3.05) is 95.7 Å². The zero-order chi connectivity index (χ0) is 62.7. The molecule has 0 aliphatic heterocycles. The molecule has 0 heterocycles. The Morgan fingerprint density at radius 2 is 0.807 bits per heavy atom. The lowest BCUT2D eigenvalue weighted by Crippen LogP contribution is -2.33. The molecule has 1 fully saturated rings. The Hall–Kier alpha value is -8.50. The molecule has 0 bridgehead atoms. The number of nitrogens with zero attached hydrogens (tertiary/aromatic N) is 4. The smallest absolute Gasteiger partial charge is 0.333 e. The summed E-state index contributed by atoms with van der Waals surface area (Å²) in [4.78, 5) is 33.5. The second-order valence-electron chi connectivity index (χ2n) is 23.1. The number of fused-ring (bicyclic) bond motifs is 2. The number of hydrogen-bond donors (Lipinski definition) is 2. The minimum Gasteiger partial charge on any atom is -0.460 e. The fourth-order valence-electron chi connectivity index (χ4n) is 12.7. The summed E-state index contributed by atoms with van der Waals surface area (Å²) >= 11 is 0. The van der Waals surface area contributed by atoms with Crippen LogP contribution in [-0.4, -0.2) is 89.6 Å². The van der Waals surface area contributed by atoms with Crippen molar-refractivity contribution >= 4 is 67.6 Å². The lowest BCUT2D eigenvalue weighted by atomic mass is 9.82. The monoisotopic (exact) mass is 1180 g/mol. The Bertz CT molecular complexity index is 3430. The molecule has 0 saturated heterocycles. The quantitative estimate of drug-likeness (QED) is 0.0225. The maximum atomic E-state index is 12.2. The summed E-state index contributed by atoms with van der Waals surface area (Å²) in [6.07, 6.45) is 3.70. The number of esters is 2. The third kappa shape index (κ3) is 16.0. The molecule has 88 heavy (non-hydrogen) atoms. The number of hydrogen-bond acceptors (Lipinski definition) is 10. The van der Waals surface area contributed by atoms with Gasteiger partial charge in [0.15, 0.2) is 0 Å². The van der Waals surface area contributed by atoms with Crippen LogP contribution in [0.2, 0.25) is 0 Å². The topological polar surface area (TPSA) is 89.6 Å². The van der Waals surface area contributed by atoms with E-state index in [1.54, 1.807) is 13.8 Å². The van der Waals surface area contributed by atoms with Gasteiger partial charge in [-0.25, -0.2) is 9.59 Å². The number of ether oxygens (including phenoxy) is 2. The van der Waals surface area contributed by atoms with Crippen molar-refractivity contribution in [2.45, 2.75) is 119 Å². The molecule has 10 nitrogen and oxygen atoms in total. The number of nitrogens with one attached hydrogen (secondary N) is 2. The summed E-state index contributed by atoms with van der Waals surface area (Å²) in [5.41, 5.74) is 15.7. The van der Waals surface area contributed by atoms with E-state index in [4.69, 9.17) is 9.47 Å². The first-order valence-corrected chi connectivity index (χ1v) is 32.4. The van der Waals surface area contributed by atoms with Crippen molar-refractivity contribution in [3.8, 4) is 0 Å². The molecule has 10 heteroatoms. The summed E-state index contributed by atoms with van der Waals surface area (Å²) in [5, 5.41) is 12.1. The maximum Gasteiger partial charge on any atom is 0.333 e. The molecule has 2 N–H and O–H groups in total.